The van der Waals surface area contributed by atoms with Crippen molar-refractivity contribution < 1.29 is 27.5 Å². The molecule has 0 radical (unpaired) electrons. The van der Waals surface area contributed by atoms with E-state index < -0.39 is 16.0 Å². The van der Waals surface area contributed by atoms with Gasteiger partial charge < -0.3 is 14.3 Å². The van der Waals surface area contributed by atoms with E-state index in [1.54, 1.807) is 24.3 Å². The number of anilines is 1. The Morgan fingerprint density at radius 1 is 1.17 bits per heavy atom. The topological polar surface area (TPSA) is 106 Å². The van der Waals surface area contributed by atoms with Gasteiger partial charge in [0.15, 0.2) is 0 Å². The van der Waals surface area contributed by atoms with Crippen LogP contribution in [0.1, 0.15) is 41.6 Å². The quantitative estimate of drug-likeness (QED) is 0.493. The lowest BCUT2D eigenvalue weighted by Gasteiger charge is -2.16. The van der Waals surface area contributed by atoms with Crippen LogP contribution in [0.4, 0.5) is 5.69 Å². The summed E-state index contributed by atoms with van der Waals surface area (Å²) in [6, 6.07) is 14.1. The Morgan fingerprint density at radius 2 is 1.90 bits per heavy atom. The average molecular weight is 450 g/mol. The Bertz CT molecular complexity index is 1170. The molecule has 9 heteroatoms. The maximum atomic E-state index is 13.0. The van der Waals surface area contributed by atoms with Crippen LogP contribution in [-0.2, 0) is 16.6 Å². The average Bonchev–Trinajstić information content (AvgIpc) is 3.17. The number of benzene rings is 2. The van der Waals surface area contributed by atoms with Crippen LogP contribution in [0.2, 0.25) is 5.02 Å². The predicted molar refractivity (Wildman–Crippen MR) is 113 cm³/mol. The van der Waals surface area contributed by atoms with Crippen molar-refractivity contribution in [3.05, 3.63) is 76.7 Å². The molecule has 30 heavy (non-hydrogen) atoms. The SMILES string of the molecule is CC(C)c1ccccc1S(=O)(=O)Nc1ccc(Cl)cc1OCc1ccc(C(=O)O)o1. The van der Waals surface area contributed by atoms with Crippen molar-refractivity contribution in [3.63, 3.8) is 0 Å². The van der Waals surface area contributed by atoms with Gasteiger partial charge in [0.1, 0.15) is 18.1 Å². The van der Waals surface area contributed by atoms with Gasteiger partial charge in [-0.2, -0.15) is 0 Å². The number of aromatic carboxylic acids is 1. The summed E-state index contributed by atoms with van der Waals surface area (Å²) in [5.74, 6) is -0.944. The number of ether oxygens (including phenoxy) is 1. The number of carboxylic acids is 1. The van der Waals surface area contributed by atoms with Gasteiger partial charge in [-0.15, -0.1) is 0 Å². The summed E-state index contributed by atoms with van der Waals surface area (Å²) in [5, 5.41) is 9.28. The van der Waals surface area contributed by atoms with Crippen LogP contribution < -0.4 is 9.46 Å². The zero-order valence-electron chi connectivity index (χ0n) is 16.3. The van der Waals surface area contributed by atoms with Crippen LogP contribution >= 0.6 is 11.6 Å². The zero-order valence-corrected chi connectivity index (χ0v) is 17.8. The summed E-state index contributed by atoms with van der Waals surface area (Å²) >= 11 is 6.04. The number of halogens is 1. The molecule has 0 spiro atoms. The number of furan rings is 1. The minimum Gasteiger partial charge on any atom is -0.483 e. The smallest absolute Gasteiger partial charge is 0.371 e. The van der Waals surface area contributed by atoms with Gasteiger partial charge in [-0.25, -0.2) is 13.2 Å². The fourth-order valence-corrected chi connectivity index (χ4v) is 4.42. The molecule has 7 nitrogen and oxygen atoms in total. The second-order valence-electron chi connectivity index (χ2n) is 6.80. The molecule has 0 aliphatic heterocycles. The van der Waals surface area contributed by atoms with Crippen LogP contribution in [0.3, 0.4) is 0 Å². The molecule has 0 unspecified atom stereocenters. The van der Waals surface area contributed by atoms with E-state index in [4.69, 9.17) is 25.9 Å². The molecular formula is C21H20ClNO6S. The molecule has 0 saturated heterocycles. The fourth-order valence-electron chi connectivity index (χ4n) is 2.82. The number of carbonyl (C=O) groups is 1. The van der Waals surface area contributed by atoms with Crippen LogP contribution in [-0.4, -0.2) is 19.5 Å². The molecule has 3 rings (SSSR count). The van der Waals surface area contributed by atoms with E-state index in [9.17, 15) is 13.2 Å². The van der Waals surface area contributed by atoms with Crippen LogP contribution in [0, 0.1) is 0 Å². The first-order valence-electron chi connectivity index (χ1n) is 9.03. The number of rotatable bonds is 8. The third kappa shape index (κ3) is 4.95. The molecule has 0 bridgehead atoms. The van der Waals surface area contributed by atoms with E-state index in [0.717, 1.165) is 0 Å². The molecule has 3 aromatic rings. The maximum absolute atomic E-state index is 13.0. The summed E-state index contributed by atoms with van der Waals surface area (Å²) < 4.78 is 39.4. The lowest BCUT2D eigenvalue weighted by atomic mass is 10.0. The Labute approximate surface area is 179 Å². The molecule has 158 valence electrons. The molecule has 0 amide bonds. The van der Waals surface area contributed by atoms with E-state index in [2.05, 4.69) is 4.72 Å². The fraction of sp³-hybridized carbons (Fsp3) is 0.190. The standard InChI is InChI=1S/C21H20ClNO6S/c1-13(2)16-5-3-4-6-20(16)30(26,27)23-17-9-7-14(22)11-19(17)28-12-15-8-10-18(29-15)21(24)25/h3-11,13,23H,12H2,1-2H3,(H,24,25). The molecule has 0 aliphatic carbocycles. The van der Waals surface area contributed by atoms with E-state index in [0.29, 0.717) is 10.6 Å². The maximum Gasteiger partial charge on any atom is 0.371 e. The van der Waals surface area contributed by atoms with Gasteiger partial charge >= 0.3 is 5.97 Å². The molecule has 0 aliphatic rings. The highest BCUT2D eigenvalue weighted by Gasteiger charge is 2.21. The van der Waals surface area contributed by atoms with E-state index >= 15 is 0 Å². The van der Waals surface area contributed by atoms with Gasteiger partial charge in [0.2, 0.25) is 5.76 Å². The summed E-state index contributed by atoms with van der Waals surface area (Å²) in [6.07, 6.45) is 0. The first kappa shape index (κ1) is 21.7. The van der Waals surface area contributed by atoms with Crippen LogP contribution in [0.5, 0.6) is 5.75 Å². The number of hydrogen-bond donors (Lipinski definition) is 2. The molecule has 1 aromatic heterocycles. The third-order valence-electron chi connectivity index (χ3n) is 4.26. The molecule has 0 fully saturated rings. The van der Waals surface area contributed by atoms with Crippen molar-refractivity contribution in [2.24, 2.45) is 0 Å². The monoisotopic (exact) mass is 449 g/mol. The predicted octanol–water partition coefficient (Wildman–Crippen LogP) is 5.13. The Balaban J connectivity index is 1.87. The van der Waals surface area contributed by atoms with Crippen LogP contribution in [0.25, 0.3) is 0 Å². The van der Waals surface area contributed by atoms with Crippen molar-refractivity contribution >= 4 is 33.3 Å². The molecule has 0 saturated carbocycles. The molecule has 1 heterocycles. The number of sulfonamides is 1. The van der Waals surface area contributed by atoms with Crippen molar-refractivity contribution in [1.82, 2.24) is 0 Å². The normalized spacial score (nSPS) is 11.5. The second kappa shape index (κ2) is 8.81. The van der Waals surface area contributed by atoms with Gasteiger partial charge in [0, 0.05) is 11.1 Å². The van der Waals surface area contributed by atoms with Crippen molar-refractivity contribution in [3.8, 4) is 5.75 Å². The van der Waals surface area contributed by atoms with Gasteiger partial charge in [-0.05, 0) is 41.8 Å². The zero-order chi connectivity index (χ0) is 21.9. The highest BCUT2D eigenvalue weighted by molar-refractivity contribution is 7.92. The lowest BCUT2D eigenvalue weighted by molar-refractivity contribution is 0.0658. The highest BCUT2D eigenvalue weighted by Crippen LogP contribution is 2.32. The van der Waals surface area contributed by atoms with Gasteiger partial charge in [-0.1, -0.05) is 43.6 Å². The molecule has 2 aromatic carbocycles. The number of nitrogens with one attached hydrogen (secondary N) is 1. The first-order valence-corrected chi connectivity index (χ1v) is 10.9. The van der Waals surface area contributed by atoms with Crippen LogP contribution in [0.15, 0.2) is 63.9 Å². The number of carboxylic acid groups (broad SMARTS) is 1. The van der Waals surface area contributed by atoms with Gasteiger partial charge in [0.05, 0.1) is 10.6 Å². The van der Waals surface area contributed by atoms with E-state index in [1.165, 1.54) is 30.3 Å². The van der Waals surface area contributed by atoms with Gasteiger partial charge in [0.25, 0.3) is 10.0 Å². The minimum atomic E-state index is -3.89. The Hall–Kier alpha value is -2.97. The number of hydrogen-bond acceptors (Lipinski definition) is 5. The van der Waals surface area contributed by atoms with Crippen molar-refractivity contribution in [1.29, 1.82) is 0 Å². The minimum absolute atomic E-state index is 0.0149. The van der Waals surface area contributed by atoms with Crippen molar-refractivity contribution in [2.75, 3.05) is 4.72 Å². The molecule has 0 atom stereocenters. The Morgan fingerprint density at radius 3 is 2.57 bits per heavy atom. The molecular weight excluding hydrogens is 430 g/mol. The lowest BCUT2D eigenvalue weighted by Crippen LogP contribution is -2.16. The second-order valence-corrected chi connectivity index (χ2v) is 8.89. The Kier molecular flexibility index (Phi) is 6.38. The summed E-state index contributed by atoms with van der Waals surface area (Å²) in [7, 11) is -3.89. The largest absolute Gasteiger partial charge is 0.483 e. The first-order chi connectivity index (χ1) is 14.2. The molecule has 2 N–H and O–H groups in total. The summed E-state index contributed by atoms with van der Waals surface area (Å²) in [5.41, 5.74) is 0.890. The van der Waals surface area contributed by atoms with Gasteiger partial charge in [-0.3, -0.25) is 4.72 Å². The third-order valence-corrected chi connectivity index (χ3v) is 5.94. The highest BCUT2D eigenvalue weighted by atomic mass is 35.5. The summed E-state index contributed by atoms with van der Waals surface area (Å²) in [4.78, 5) is 11.1. The summed E-state index contributed by atoms with van der Waals surface area (Å²) in [6.45, 7) is 3.73. The van der Waals surface area contributed by atoms with E-state index in [1.807, 2.05) is 13.8 Å². The van der Waals surface area contributed by atoms with Crippen molar-refractivity contribution in [2.45, 2.75) is 31.3 Å². The van der Waals surface area contributed by atoms with E-state index in [-0.39, 0.29) is 40.4 Å².